The summed E-state index contributed by atoms with van der Waals surface area (Å²) in [6.07, 6.45) is 6.06. The van der Waals surface area contributed by atoms with Crippen molar-refractivity contribution in [3.63, 3.8) is 0 Å². The molecule has 110 valence electrons. The van der Waals surface area contributed by atoms with Crippen LogP contribution >= 0.6 is 11.6 Å². The van der Waals surface area contributed by atoms with Gasteiger partial charge < -0.3 is 10.2 Å². The Morgan fingerprint density at radius 2 is 1.90 bits per heavy atom. The molecule has 1 aliphatic heterocycles. The van der Waals surface area contributed by atoms with Crippen LogP contribution in [0.2, 0.25) is 5.02 Å². The van der Waals surface area contributed by atoms with E-state index >= 15 is 0 Å². The minimum atomic E-state index is 0.585. The lowest BCUT2D eigenvalue weighted by Gasteiger charge is -2.34. The molecule has 0 aliphatic carbocycles. The second-order valence-electron chi connectivity index (χ2n) is 5.48. The molecule has 2 aromatic rings. The van der Waals surface area contributed by atoms with Crippen molar-refractivity contribution in [3.05, 3.63) is 59.4 Å². The Balaban J connectivity index is 1.48. The van der Waals surface area contributed by atoms with E-state index in [2.05, 4.69) is 33.4 Å². The monoisotopic (exact) mass is 301 g/mol. The summed E-state index contributed by atoms with van der Waals surface area (Å²) in [4.78, 5) is 6.51. The third-order valence-corrected chi connectivity index (χ3v) is 4.24. The van der Waals surface area contributed by atoms with E-state index in [0.717, 1.165) is 24.7 Å². The molecule has 0 bridgehead atoms. The lowest BCUT2D eigenvalue weighted by atomic mass is 10.0. The van der Waals surface area contributed by atoms with Crippen LogP contribution in [0.5, 0.6) is 0 Å². The highest BCUT2D eigenvalue weighted by atomic mass is 35.5. The van der Waals surface area contributed by atoms with Crippen molar-refractivity contribution in [1.82, 2.24) is 10.3 Å². The molecule has 4 heteroatoms. The van der Waals surface area contributed by atoms with Crippen LogP contribution in [0.3, 0.4) is 0 Å². The van der Waals surface area contributed by atoms with Crippen LogP contribution in [0.15, 0.2) is 48.8 Å². The lowest BCUT2D eigenvalue weighted by molar-refractivity contribution is 0.414. The molecule has 0 unspecified atom stereocenters. The number of hydrogen-bond acceptors (Lipinski definition) is 3. The van der Waals surface area contributed by atoms with Gasteiger partial charge in [0.15, 0.2) is 0 Å². The number of aromatic nitrogens is 1. The zero-order valence-corrected chi connectivity index (χ0v) is 12.8. The molecule has 1 N–H and O–H groups in total. The summed E-state index contributed by atoms with van der Waals surface area (Å²) in [5.41, 5.74) is 2.53. The van der Waals surface area contributed by atoms with E-state index < -0.39 is 0 Å². The van der Waals surface area contributed by atoms with Gasteiger partial charge in [-0.1, -0.05) is 23.7 Å². The normalized spacial score (nSPS) is 16.1. The van der Waals surface area contributed by atoms with Crippen LogP contribution in [-0.2, 0) is 6.54 Å². The first-order valence-corrected chi connectivity index (χ1v) is 7.82. The summed E-state index contributed by atoms with van der Waals surface area (Å²) in [6, 6.07) is 12.8. The largest absolute Gasteiger partial charge is 0.371 e. The van der Waals surface area contributed by atoms with E-state index in [1.165, 1.54) is 24.1 Å². The van der Waals surface area contributed by atoms with E-state index in [0.29, 0.717) is 6.04 Å². The molecule has 1 saturated heterocycles. The van der Waals surface area contributed by atoms with Gasteiger partial charge in [-0.25, -0.2) is 0 Å². The molecule has 0 radical (unpaired) electrons. The van der Waals surface area contributed by atoms with Crippen molar-refractivity contribution in [2.24, 2.45) is 0 Å². The maximum Gasteiger partial charge on any atom is 0.0409 e. The SMILES string of the molecule is Clc1cccc(CNC2CCN(c3ccncc3)CC2)c1. The predicted octanol–water partition coefficient (Wildman–Crippen LogP) is 3.49. The Kier molecular flexibility index (Phi) is 4.73. The highest BCUT2D eigenvalue weighted by Crippen LogP contribution is 2.19. The first-order valence-electron chi connectivity index (χ1n) is 7.44. The maximum atomic E-state index is 6.01. The standard InChI is InChI=1S/C17H20ClN3/c18-15-3-1-2-14(12-15)13-20-16-6-10-21(11-7-16)17-4-8-19-9-5-17/h1-5,8-9,12,16,20H,6-7,10-11,13H2. The van der Waals surface area contributed by atoms with Gasteiger partial charge in [0.1, 0.15) is 0 Å². The molecule has 3 rings (SSSR count). The fourth-order valence-corrected chi connectivity index (χ4v) is 3.02. The van der Waals surface area contributed by atoms with Crippen LogP contribution < -0.4 is 10.2 Å². The number of benzene rings is 1. The van der Waals surface area contributed by atoms with Gasteiger partial charge in [0.25, 0.3) is 0 Å². The third-order valence-electron chi connectivity index (χ3n) is 4.01. The van der Waals surface area contributed by atoms with Crippen LogP contribution in [-0.4, -0.2) is 24.1 Å². The molecule has 1 fully saturated rings. The van der Waals surface area contributed by atoms with Crippen molar-refractivity contribution in [1.29, 1.82) is 0 Å². The molecule has 0 spiro atoms. The Bertz CT molecular complexity index is 565. The van der Waals surface area contributed by atoms with Crippen molar-refractivity contribution < 1.29 is 0 Å². The fraction of sp³-hybridized carbons (Fsp3) is 0.353. The second kappa shape index (κ2) is 6.92. The summed E-state index contributed by atoms with van der Waals surface area (Å²) in [6.45, 7) is 3.08. The quantitative estimate of drug-likeness (QED) is 0.937. The molecule has 1 aromatic heterocycles. The van der Waals surface area contributed by atoms with Gasteiger partial charge in [-0.05, 0) is 42.7 Å². The minimum absolute atomic E-state index is 0.585. The first-order chi connectivity index (χ1) is 10.3. The van der Waals surface area contributed by atoms with E-state index in [-0.39, 0.29) is 0 Å². The van der Waals surface area contributed by atoms with Gasteiger partial charge in [-0.2, -0.15) is 0 Å². The fourth-order valence-electron chi connectivity index (χ4n) is 2.81. The average Bonchev–Trinajstić information content (AvgIpc) is 2.54. The molecule has 2 heterocycles. The third kappa shape index (κ3) is 3.96. The minimum Gasteiger partial charge on any atom is -0.371 e. The van der Waals surface area contributed by atoms with Crippen molar-refractivity contribution >= 4 is 17.3 Å². The summed E-state index contributed by atoms with van der Waals surface area (Å²) >= 11 is 6.01. The topological polar surface area (TPSA) is 28.2 Å². The van der Waals surface area contributed by atoms with E-state index in [1.807, 2.05) is 30.6 Å². The molecule has 0 atom stereocenters. The number of nitrogens with zero attached hydrogens (tertiary/aromatic N) is 2. The highest BCUT2D eigenvalue weighted by Gasteiger charge is 2.18. The molecule has 0 amide bonds. The molecule has 21 heavy (non-hydrogen) atoms. The van der Waals surface area contributed by atoms with Gasteiger partial charge in [-0.15, -0.1) is 0 Å². The molecular weight excluding hydrogens is 282 g/mol. The molecule has 3 nitrogen and oxygen atoms in total. The number of halogens is 1. The van der Waals surface area contributed by atoms with Crippen molar-refractivity contribution in [2.45, 2.75) is 25.4 Å². The second-order valence-corrected chi connectivity index (χ2v) is 5.91. The van der Waals surface area contributed by atoms with Gasteiger partial charge >= 0.3 is 0 Å². The zero-order valence-electron chi connectivity index (χ0n) is 12.0. The van der Waals surface area contributed by atoms with Crippen LogP contribution in [0.4, 0.5) is 5.69 Å². The van der Waals surface area contributed by atoms with Crippen molar-refractivity contribution in [3.8, 4) is 0 Å². The smallest absolute Gasteiger partial charge is 0.0409 e. The maximum absolute atomic E-state index is 6.01. The van der Waals surface area contributed by atoms with E-state index in [1.54, 1.807) is 0 Å². The summed E-state index contributed by atoms with van der Waals surface area (Å²) in [5.74, 6) is 0. The van der Waals surface area contributed by atoms with Gasteiger partial charge in [-0.3, -0.25) is 4.98 Å². The highest BCUT2D eigenvalue weighted by molar-refractivity contribution is 6.30. The van der Waals surface area contributed by atoms with E-state index in [9.17, 15) is 0 Å². The van der Waals surface area contributed by atoms with Gasteiger partial charge in [0.2, 0.25) is 0 Å². The summed E-state index contributed by atoms with van der Waals surface area (Å²) in [5, 5.41) is 4.45. The van der Waals surface area contributed by atoms with Crippen LogP contribution in [0.25, 0.3) is 0 Å². The zero-order chi connectivity index (χ0) is 14.5. The number of piperidine rings is 1. The number of anilines is 1. The van der Waals surface area contributed by atoms with Crippen molar-refractivity contribution in [2.75, 3.05) is 18.0 Å². The van der Waals surface area contributed by atoms with Gasteiger partial charge in [0.05, 0.1) is 0 Å². The Morgan fingerprint density at radius 3 is 2.62 bits per heavy atom. The summed E-state index contributed by atoms with van der Waals surface area (Å²) in [7, 11) is 0. The van der Waals surface area contributed by atoms with Gasteiger partial charge in [0, 0.05) is 48.8 Å². The lowest BCUT2D eigenvalue weighted by Crippen LogP contribution is -2.42. The molecule has 1 aliphatic rings. The number of hydrogen-bond donors (Lipinski definition) is 1. The predicted molar refractivity (Wildman–Crippen MR) is 87.8 cm³/mol. The molecule has 0 saturated carbocycles. The van der Waals surface area contributed by atoms with E-state index in [4.69, 9.17) is 11.6 Å². The summed E-state index contributed by atoms with van der Waals surface area (Å²) < 4.78 is 0. The molecule has 1 aromatic carbocycles. The Labute approximate surface area is 131 Å². The average molecular weight is 302 g/mol. The van der Waals surface area contributed by atoms with Crippen LogP contribution in [0.1, 0.15) is 18.4 Å². The Morgan fingerprint density at radius 1 is 1.14 bits per heavy atom. The number of rotatable bonds is 4. The van der Waals surface area contributed by atoms with Crippen LogP contribution in [0, 0.1) is 0 Å². The Hall–Kier alpha value is -1.58. The first kappa shape index (κ1) is 14.4. The molecular formula is C17H20ClN3. The number of pyridine rings is 1. The number of nitrogens with one attached hydrogen (secondary N) is 1.